The van der Waals surface area contributed by atoms with Crippen LogP contribution in [0.4, 0.5) is 5.69 Å². The van der Waals surface area contributed by atoms with Crippen LogP contribution < -0.4 is 4.74 Å². The summed E-state index contributed by atoms with van der Waals surface area (Å²) >= 11 is 0. The largest absolute Gasteiger partial charge is 0.492 e. The number of nitro groups is 1. The molecule has 0 bridgehead atoms. The molecule has 0 aliphatic heterocycles. The number of carbonyl (C=O) groups is 2. The number of rotatable bonds is 5. The molecule has 1 aliphatic rings. The topological polar surface area (TPSA) is 114 Å². The van der Waals surface area contributed by atoms with Crippen LogP contribution in [0.2, 0.25) is 0 Å². The van der Waals surface area contributed by atoms with Crippen LogP contribution in [0.1, 0.15) is 26.8 Å². The van der Waals surface area contributed by atoms with Crippen molar-refractivity contribution in [3.05, 3.63) is 63.4 Å². The van der Waals surface area contributed by atoms with E-state index in [-0.39, 0.29) is 35.2 Å². The maximum absolute atomic E-state index is 12.2. The average molecular weight is 343 g/mol. The zero-order valence-electron chi connectivity index (χ0n) is 13.4. The molecule has 0 N–H and O–H groups in total. The van der Waals surface area contributed by atoms with Crippen LogP contribution in [0.15, 0.2) is 36.1 Å². The van der Waals surface area contributed by atoms with E-state index < -0.39 is 10.7 Å². The van der Waals surface area contributed by atoms with Crippen molar-refractivity contribution in [2.24, 2.45) is 7.05 Å². The van der Waals surface area contributed by atoms with Crippen molar-refractivity contribution in [1.29, 1.82) is 0 Å². The molecule has 1 aliphatic carbocycles. The number of nitro benzene ring substituents is 1. The summed E-state index contributed by atoms with van der Waals surface area (Å²) in [5.41, 5.74) is 0.149. The monoisotopic (exact) mass is 343 g/mol. The lowest BCUT2D eigenvalue weighted by atomic mass is 10.0. The first-order chi connectivity index (χ1) is 11.9. The zero-order valence-corrected chi connectivity index (χ0v) is 13.4. The molecule has 0 unspecified atom stereocenters. The molecular weight excluding hydrogens is 330 g/mol. The molecule has 0 saturated heterocycles. The number of hydrogen-bond acceptors (Lipinski definition) is 7. The summed E-state index contributed by atoms with van der Waals surface area (Å²) in [4.78, 5) is 38.7. The van der Waals surface area contributed by atoms with Gasteiger partial charge >= 0.3 is 0 Å². The number of Topliss-reactive ketones (excluding diaryl/α,β-unsaturated/α-hetero) is 1. The minimum atomic E-state index is -0.506. The van der Waals surface area contributed by atoms with Gasteiger partial charge in [0.1, 0.15) is 29.6 Å². The molecule has 1 heterocycles. The highest BCUT2D eigenvalue weighted by atomic mass is 16.6. The van der Waals surface area contributed by atoms with Crippen LogP contribution in [-0.4, -0.2) is 33.2 Å². The van der Waals surface area contributed by atoms with Gasteiger partial charge in [-0.2, -0.15) is 0 Å². The Balaban J connectivity index is 1.81. The molecule has 3 rings (SSSR count). The normalized spacial score (nSPS) is 13.3. The predicted molar refractivity (Wildman–Crippen MR) is 84.4 cm³/mol. The molecule has 1 aromatic carbocycles. The van der Waals surface area contributed by atoms with E-state index in [4.69, 9.17) is 9.47 Å². The SMILES string of the molecule is COC1=CC(=O)c2c(nc(COc3ccc([N+](=O)[O-])cc3)n2C)C1=O. The number of benzene rings is 1. The molecule has 0 spiro atoms. The maximum atomic E-state index is 12.2. The lowest BCUT2D eigenvalue weighted by Gasteiger charge is -2.10. The number of carbonyl (C=O) groups excluding carboxylic acids is 2. The molecule has 0 radical (unpaired) electrons. The minimum Gasteiger partial charge on any atom is -0.492 e. The Morgan fingerprint density at radius 3 is 2.52 bits per heavy atom. The van der Waals surface area contributed by atoms with Gasteiger partial charge in [-0.1, -0.05) is 0 Å². The Labute approximate surface area is 141 Å². The van der Waals surface area contributed by atoms with Crippen molar-refractivity contribution >= 4 is 17.3 Å². The number of hydrogen-bond donors (Lipinski definition) is 0. The van der Waals surface area contributed by atoms with Gasteiger partial charge in [-0.05, 0) is 12.1 Å². The van der Waals surface area contributed by atoms with Gasteiger partial charge < -0.3 is 14.0 Å². The Hall–Kier alpha value is -3.49. The fourth-order valence-corrected chi connectivity index (χ4v) is 2.45. The number of ether oxygens (including phenoxy) is 2. The van der Waals surface area contributed by atoms with Gasteiger partial charge in [-0.15, -0.1) is 0 Å². The second-order valence-electron chi connectivity index (χ2n) is 5.23. The number of methoxy groups -OCH3 is 1. The highest BCUT2D eigenvalue weighted by Gasteiger charge is 2.32. The van der Waals surface area contributed by atoms with Crippen LogP contribution in [0, 0.1) is 10.1 Å². The maximum Gasteiger partial charge on any atom is 0.269 e. The molecule has 9 nitrogen and oxygen atoms in total. The third kappa shape index (κ3) is 2.87. The van der Waals surface area contributed by atoms with Gasteiger partial charge in [-0.25, -0.2) is 4.98 Å². The fourth-order valence-electron chi connectivity index (χ4n) is 2.45. The highest BCUT2D eigenvalue weighted by molar-refractivity contribution is 6.22. The molecule has 0 saturated carbocycles. The van der Waals surface area contributed by atoms with Gasteiger partial charge in [0, 0.05) is 25.3 Å². The van der Waals surface area contributed by atoms with Crippen molar-refractivity contribution in [2.45, 2.75) is 6.61 Å². The number of allylic oxidation sites excluding steroid dienone is 2. The van der Waals surface area contributed by atoms with E-state index >= 15 is 0 Å². The van der Waals surface area contributed by atoms with Crippen molar-refractivity contribution in [1.82, 2.24) is 9.55 Å². The molecule has 0 amide bonds. The van der Waals surface area contributed by atoms with Crippen LogP contribution in [-0.2, 0) is 18.4 Å². The molecule has 1 aromatic heterocycles. The molecule has 2 aromatic rings. The van der Waals surface area contributed by atoms with E-state index in [0.29, 0.717) is 11.6 Å². The summed E-state index contributed by atoms with van der Waals surface area (Å²) in [5, 5.41) is 10.6. The van der Waals surface area contributed by atoms with Gasteiger partial charge in [0.05, 0.1) is 12.0 Å². The van der Waals surface area contributed by atoms with Crippen molar-refractivity contribution in [3.63, 3.8) is 0 Å². The van der Waals surface area contributed by atoms with Gasteiger partial charge in [0.25, 0.3) is 5.69 Å². The number of ketones is 2. The second-order valence-corrected chi connectivity index (χ2v) is 5.23. The van der Waals surface area contributed by atoms with Crippen LogP contribution in [0.3, 0.4) is 0 Å². The van der Waals surface area contributed by atoms with Crippen molar-refractivity contribution in [3.8, 4) is 5.75 Å². The second kappa shape index (κ2) is 6.19. The lowest BCUT2D eigenvalue weighted by Crippen LogP contribution is -2.19. The number of fused-ring (bicyclic) bond motifs is 1. The smallest absolute Gasteiger partial charge is 0.269 e. The van der Waals surface area contributed by atoms with Gasteiger partial charge in [0.2, 0.25) is 11.6 Å². The first-order valence-corrected chi connectivity index (χ1v) is 7.20. The van der Waals surface area contributed by atoms with Crippen LogP contribution in [0.5, 0.6) is 5.75 Å². The summed E-state index contributed by atoms with van der Waals surface area (Å²) < 4.78 is 11.9. The van der Waals surface area contributed by atoms with Gasteiger partial charge in [-0.3, -0.25) is 19.7 Å². The summed E-state index contributed by atoms with van der Waals surface area (Å²) in [6.45, 7) is -0.00974. The summed E-state index contributed by atoms with van der Waals surface area (Å²) in [5.74, 6) is -0.119. The van der Waals surface area contributed by atoms with E-state index in [2.05, 4.69) is 4.98 Å². The standard InChI is InChI=1S/C16H13N3O6/c1-18-13(8-25-10-5-3-9(4-6-10)19(22)23)17-14-15(18)11(20)7-12(24-2)16(14)21/h3-7H,8H2,1-2H3. The van der Waals surface area contributed by atoms with Crippen molar-refractivity contribution in [2.75, 3.05) is 7.11 Å². The summed E-state index contributed by atoms with van der Waals surface area (Å²) in [7, 11) is 2.92. The number of imidazole rings is 1. The van der Waals surface area contributed by atoms with E-state index in [1.54, 1.807) is 7.05 Å². The summed E-state index contributed by atoms with van der Waals surface area (Å²) in [6.07, 6.45) is 1.13. The molecule has 0 atom stereocenters. The zero-order chi connectivity index (χ0) is 18.1. The van der Waals surface area contributed by atoms with Crippen LogP contribution >= 0.6 is 0 Å². The number of nitrogens with zero attached hydrogens (tertiary/aromatic N) is 3. The van der Waals surface area contributed by atoms with Crippen LogP contribution in [0.25, 0.3) is 0 Å². The molecule has 0 fully saturated rings. The molecular formula is C16H13N3O6. The molecule has 9 heteroatoms. The summed E-state index contributed by atoms with van der Waals surface area (Å²) in [6, 6.07) is 5.56. The average Bonchev–Trinajstić information content (AvgIpc) is 2.94. The lowest BCUT2D eigenvalue weighted by molar-refractivity contribution is -0.384. The Bertz CT molecular complexity index is 911. The minimum absolute atomic E-state index is 0.00974. The van der Waals surface area contributed by atoms with E-state index in [1.807, 2.05) is 0 Å². The fraction of sp³-hybridized carbons (Fsp3) is 0.188. The Morgan fingerprint density at radius 2 is 1.92 bits per heavy atom. The van der Waals surface area contributed by atoms with E-state index in [9.17, 15) is 19.7 Å². The third-order valence-electron chi connectivity index (χ3n) is 3.76. The van der Waals surface area contributed by atoms with Gasteiger partial charge in [0.15, 0.2) is 5.76 Å². The first kappa shape index (κ1) is 16.4. The highest BCUT2D eigenvalue weighted by Crippen LogP contribution is 2.23. The number of aromatic nitrogens is 2. The predicted octanol–water partition coefficient (Wildman–Crippen LogP) is 1.82. The third-order valence-corrected chi connectivity index (χ3v) is 3.76. The van der Waals surface area contributed by atoms with E-state index in [0.717, 1.165) is 6.08 Å². The number of non-ortho nitro benzene ring substituents is 1. The Morgan fingerprint density at radius 1 is 1.24 bits per heavy atom. The quantitative estimate of drug-likeness (QED) is 0.601. The first-order valence-electron chi connectivity index (χ1n) is 7.20. The van der Waals surface area contributed by atoms with E-state index in [1.165, 1.54) is 35.9 Å². The Kier molecular flexibility index (Phi) is 4.05. The van der Waals surface area contributed by atoms with Crippen molar-refractivity contribution < 1.29 is 24.0 Å². The molecule has 128 valence electrons. The molecule has 25 heavy (non-hydrogen) atoms.